The lowest BCUT2D eigenvalue weighted by atomic mass is 10.4. The maximum Gasteiger partial charge on any atom is 0.239 e. The van der Waals surface area contributed by atoms with Gasteiger partial charge in [-0.3, -0.25) is 14.4 Å². The maximum atomic E-state index is 11.8. The number of nitrogens with one attached hydrogen (secondary N) is 3. The van der Waals surface area contributed by atoms with E-state index < -0.39 is 0 Å². The third kappa shape index (κ3) is 31.0. The van der Waals surface area contributed by atoms with Crippen molar-refractivity contribution < 1.29 is 52.3 Å². The van der Waals surface area contributed by atoms with E-state index in [0.717, 1.165) is 10.8 Å². The number of hydrogen-bond donors (Lipinski definition) is 3. The number of likely N-dealkylation sites (N-methyl/N-ethyl adjacent to an activating group) is 1. The van der Waals surface area contributed by atoms with Gasteiger partial charge in [0.25, 0.3) is 0 Å². The van der Waals surface area contributed by atoms with Crippen LogP contribution in [0.5, 0.6) is 0 Å². The summed E-state index contributed by atoms with van der Waals surface area (Å²) in [7, 11) is 4.69. The molecule has 0 saturated heterocycles. The molecular formula is C30H52N4O11S2. The lowest BCUT2D eigenvalue weighted by molar-refractivity contribution is -0.126. The van der Waals surface area contributed by atoms with Gasteiger partial charge in [-0.05, 0) is 22.9 Å². The molecule has 0 saturated carbocycles. The van der Waals surface area contributed by atoms with Gasteiger partial charge in [0.2, 0.25) is 17.7 Å². The van der Waals surface area contributed by atoms with Crippen molar-refractivity contribution in [1.29, 1.82) is 0 Å². The number of ether oxygens (including phenoxy) is 8. The van der Waals surface area contributed by atoms with Crippen LogP contribution in [0.3, 0.4) is 0 Å². The molecular weight excluding hydrogens is 656 g/mol. The summed E-state index contributed by atoms with van der Waals surface area (Å²) in [5.41, 5.74) is 0. The maximum absolute atomic E-state index is 11.8. The molecule has 270 valence electrons. The number of rotatable bonds is 34. The van der Waals surface area contributed by atoms with Gasteiger partial charge in [0.1, 0.15) is 5.03 Å². The number of amides is 3. The Morgan fingerprint density at radius 1 is 0.596 bits per heavy atom. The van der Waals surface area contributed by atoms with E-state index in [4.69, 9.17) is 37.9 Å². The van der Waals surface area contributed by atoms with Crippen LogP contribution in [0.25, 0.3) is 0 Å². The fourth-order valence-electron chi connectivity index (χ4n) is 3.15. The van der Waals surface area contributed by atoms with Crippen LogP contribution in [0.15, 0.2) is 29.4 Å². The second kappa shape index (κ2) is 33.8. The van der Waals surface area contributed by atoms with Crippen molar-refractivity contribution >= 4 is 39.3 Å². The molecule has 1 heterocycles. The van der Waals surface area contributed by atoms with Crippen molar-refractivity contribution in [2.24, 2.45) is 0 Å². The molecule has 0 atom stereocenters. The van der Waals surface area contributed by atoms with E-state index in [2.05, 4.69) is 20.9 Å². The predicted molar refractivity (Wildman–Crippen MR) is 178 cm³/mol. The lowest BCUT2D eigenvalue weighted by Gasteiger charge is -2.09. The quantitative estimate of drug-likeness (QED) is 0.0675. The van der Waals surface area contributed by atoms with E-state index in [1.165, 1.54) is 7.05 Å². The molecule has 1 aromatic heterocycles. The first-order chi connectivity index (χ1) is 23.1. The lowest BCUT2D eigenvalue weighted by Crippen LogP contribution is -2.35. The largest absolute Gasteiger partial charge is 0.379 e. The SMILES string of the molecule is CNC(=O)CNC(=O)CCOCCOCCOCCOCCOCCOCCOCCOCCNC(=O)CCSSc1ccccn1. The van der Waals surface area contributed by atoms with Crippen molar-refractivity contribution in [2.45, 2.75) is 17.9 Å². The summed E-state index contributed by atoms with van der Waals surface area (Å²) in [6, 6.07) is 5.76. The Hall–Kier alpha value is -2.06. The van der Waals surface area contributed by atoms with Gasteiger partial charge >= 0.3 is 0 Å². The molecule has 0 bridgehead atoms. The van der Waals surface area contributed by atoms with E-state index in [9.17, 15) is 14.4 Å². The Kier molecular flexibility index (Phi) is 30.9. The smallest absolute Gasteiger partial charge is 0.239 e. The van der Waals surface area contributed by atoms with Gasteiger partial charge in [0.15, 0.2) is 0 Å². The third-order valence-corrected chi connectivity index (χ3v) is 7.83. The van der Waals surface area contributed by atoms with E-state index in [1.807, 2.05) is 18.2 Å². The number of nitrogens with zero attached hydrogens (tertiary/aromatic N) is 1. The number of aromatic nitrogens is 1. The minimum Gasteiger partial charge on any atom is -0.379 e. The van der Waals surface area contributed by atoms with E-state index >= 15 is 0 Å². The molecule has 0 radical (unpaired) electrons. The van der Waals surface area contributed by atoms with Gasteiger partial charge in [-0.2, -0.15) is 0 Å². The molecule has 1 rings (SSSR count). The predicted octanol–water partition coefficient (Wildman–Crippen LogP) is 0.713. The molecule has 0 aromatic carbocycles. The number of hydrogen-bond acceptors (Lipinski definition) is 14. The first-order valence-corrected chi connectivity index (χ1v) is 18.0. The summed E-state index contributed by atoms with van der Waals surface area (Å²) in [6.07, 6.45) is 2.40. The molecule has 0 aliphatic carbocycles. The summed E-state index contributed by atoms with van der Waals surface area (Å²) in [6.45, 7) is 7.49. The van der Waals surface area contributed by atoms with Crippen LogP contribution in [0.4, 0.5) is 0 Å². The topological polar surface area (TPSA) is 174 Å². The van der Waals surface area contributed by atoms with Crippen LogP contribution in [0.1, 0.15) is 12.8 Å². The molecule has 17 heteroatoms. The zero-order valence-electron chi connectivity index (χ0n) is 27.4. The zero-order chi connectivity index (χ0) is 33.9. The van der Waals surface area contributed by atoms with Crippen LogP contribution < -0.4 is 16.0 Å². The molecule has 0 aliphatic heterocycles. The molecule has 3 N–H and O–H groups in total. The highest BCUT2D eigenvalue weighted by molar-refractivity contribution is 8.76. The monoisotopic (exact) mass is 708 g/mol. The second-order valence-corrected chi connectivity index (χ2v) is 11.7. The number of carbonyl (C=O) groups is 3. The molecule has 0 fully saturated rings. The van der Waals surface area contributed by atoms with Gasteiger partial charge in [-0.15, -0.1) is 0 Å². The van der Waals surface area contributed by atoms with Crippen molar-refractivity contribution in [2.75, 3.05) is 132 Å². The van der Waals surface area contributed by atoms with Gasteiger partial charge in [-0.25, -0.2) is 4.98 Å². The summed E-state index contributed by atoms with van der Waals surface area (Å²) in [4.78, 5) is 38.6. The molecule has 0 unspecified atom stereocenters. The Bertz CT molecular complexity index is 895. The average molecular weight is 709 g/mol. The fourth-order valence-corrected chi connectivity index (χ4v) is 5.01. The third-order valence-electron chi connectivity index (χ3n) is 5.57. The first kappa shape index (κ1) is 43.0. The second-order valence-electron chi connectivity index (χ2n) is 9.27. The molecule has 0 aliphatic rings. The van der Waals surface area contributed by atoms with Crippen LogP contribution >= 0.6 is 21.6 Å². The van der Waals surface area contributed by atoms with Crippen LogP contribution in [-0.2, 0) is 52.3 Å². The zero-order valence-corrected chi connectivity index (χ0v) is 29.0. The average Bonchev–Trinajstić information content (AvgIpc) is 3.09. The molecule has 3 amide bonds. The highest BCUT2D eigenvalue weighted by atomic mass is 33.1. The minimum atomic E-state index is -0.248. The number of carbonyl (C=O) groups excluding carboxylic acids is 3. The molecule has 1 aromatic rings. The molecule has 15 nitrogen and oxygen atoms in total. The fraction of sp³-hybridized carbons (Fsp3) is 0.733. The number of pyridine rings is 1. The van der Waals surface area contributed by atoms with Gasteiger partial charge in [-0.1, -0.05) is 16.9 Å². The van der Waals surface area contributed by atoms with Crippen molar-refractivity contribution in [3.05, 3.63) is 24.4 Å². The van der Waals surface area contributed by atoms with Crippen molar-refractivity contribution in [3.63, 3.8) is 0 Å². The van der Waals surface area contributed by atoms with Gasteiger partial charge in [0, 0.05) is 38.4 Å². The van der Waals surface area contributed by atoms with Crippen LogP contribution in [-0.4, -0.2) is 154 Å². The molecule has 0 spiro atoms. The van der Waals surface area contributed by atoms with Crippen molar-refractivity contribution in [3.8, 4) is 0 Å². The highest BCUT2D eigenvalue weighted by Crippen LogP contribution is 2.29. The standard InChI is InChI=1S/C30H52N4O11S2/c1-31-29(37)26-34-27(35)5-9-38-11-13-40-15-17-42-19-21-44-23-24-45-22-20-43-18-16-41-14-12-39-10-8-32-28(36)6-25-46-47-30-4-2-3-7-33-30/h2-4,7H,5-6,8-26H2,1H3,(H,31,37)(H,32,36)(H,34,35). The normalized spacial score (nSPS) is 11.0. The Morgan fingerprint density at radius 3 is 1.53 bits per heavy atom. The first-order valence-electron chi connectivity index (χ1n) is 15.7. The summed E-state index contributed by atoms with van der Waals surface area (Å²) in [5, 5.41) is 8.70. The van der Waals surface area contributed by atoms with E-state index in [1.54, 1.807) is 27.8 Å². The Labute approximate surface area is 285 Å². The van der Waals surface area contributed by atoms with Gasteiger partial charge in [0.05, 0.1) is 112 Å². The van der Waals surface area contributed by atoms with E-state index in [0.29, 0.717) is 112 Å². The van der Waals surface area contributed by atoms with Crippen LogP contribution in [0.2, 0.25) is 0 Å². The summed E-state index contributed by atoms with van der Waals surface area (Å²) >= 11 is 0. The summed E-state index contributed by atoms with van der Waals surface area (Å²) in [5.74, 6) is 0.242. The Morgan fingerprint density at radius 2 is 1.06 bits per heavy atom. The Balaban J connectivity index is 1.67. The van der Waals surface area contributed by atoms with Crippen LogP contribution in [0, 0.1) is 0 Å². The minimum absolute atomic E-state index is 0.0103. The highest BCUT2D eigenvalue weighted by Gasteiger charge is 2.04. The van der Waals surface area contributed by atoms with E-state index in [-0.39, 0.29) is 37.3 Å². The van der Waals surface area contributed by atoms with Gasteiger partial charge < -0.3 is 53.8 Å². The molecule has 47 heavy (non-hydrogen) atoms. The summed E-state index contributed by atoms with van der Waals surface area (Å²) < 4.78 is 43.5. The van der Waals surface area contributed by atoms with Crippen molar-refractivity contribution in [1.82, 2.24) is 20.9 Å².